The molecule has 2 heterocycles. The molecule has 0 aliphatic heterocycles. The number of nitrogens with one attached hydrogen (secondary N) is 1. The SMILES string of the molecule is COc1ccc(-c2noc(CCCC(=O)Nc3ccc(OC)c4ncccc34)n2)cc1. The minimum absolute atomic E-state index is 0.0924. The third-order valence-electron chi connectivity index (χ3n) is 4.84. The van der Waals surface area contributed by atoms with Crippen LogP contribution in [0.1, 0.15) is 18.7 Å². The molecule has 158 valence electrons. The number of carbonyl (C=O) groups is 1. The van der Waals surface area contributed by atoms with Gasteiger partial charge in [0.1, 0.15) is 17.0 Å². The van der Waals surface area contributed by atoms with Crippen molar-refractivity contribution < 1.29 is 18.8 Å². The minimum Gasteiger partial charge on any atom is -0.497 e. The number of nitrogens with zero attached hydrogens (tertiary/aromatic N) is 3. The first-order chi connectivity index (χ1) is 15.2. The van der Waals surface area contributed by atoms with Crippen molar-refractivity contribution >= 4 is 22.5 Å². The van der Waals surface area contributed by atoms with Crippen molar-refractivity contribution in [3.63, 3.8) is 0 Å². The fourth-order valence-electron chi connectivity index (χ4n) is 3.25. The summed E-state index contributed by atoms with van der Waals surface area (Å²) >= 11 is 0. The number of aromatic nitrogens is 3. The van der Waals surface area contributed by atoms with Crippen LogP contribution in [0.2, 0.25) is 0 Å². The second kappa shape index (κ2) is 9.25. The highest BCUT2D eigenvalue weighted by Gasteiger charge is 2.12. The maximum atomic E-state index is 12.4. The van der Waals surface area contributed by atoms with E-state index in [1.54, 1.807) is 26.5 Å². The summed E-state index contributed by atoms with van der Waals surface area (Å²) < 4.78 is 15.8. The van der Waals surface area contributed by atoms with Gasteiger partial charge in [-0.05, 0) is 55.0 Å². The number of rotatable bonds is 8. The van der Waals surface area contributed by atoms with Gasteiger partial charge in [0, 0.05) is 30.0 Å². The first-order valence-electron chi connectivity index (χ1n) is 9.86. The van der Waals surface area contributed by atoms with Gasteiger partial charge in [0.15, 0.2) is 0 Å². The van der Waals surface area contributed by atoms with Gasteiger partial charge in [0.25, 0.3) is 0 Å². The lowest BCUT2D eigenvalue weighted by Crippen LogP contribution is -2.12. The van der Waals surface area contributed by atoms with Crippen LogP contribution >= 0.6 is 0 Å². The highest BCUT2D eigenvalue weighted by molar-refractivity contribution is 6.02. The predicted octanol–water partition coefficient (Wildman–Crippen LogP) is 4.26. The van der Waals surface area contributed by atoms with E-state index >= 15 is 0 Å². The quantitative estimate of drug-likeness (QED) is 0.456. The molecule has 0 unspecified atom stereocenters. The normalized spacial score (nSPS) is 10.8. The summed E-state index contributed by atoms with van der Waals surface area (Å²) in [5, 5.41) is 7.79. The van der Waals surface area contributed by atoms with Gasteiger partial charge >= 0.3 is 0 Å². The van der Waals surface area contributed by atoms with E-state index in [0.717, 1.165) is 16.7 Å². The van der Waals surface area contributed by atoms with Crippen LogP contribution in [0.3, 0.4) is 0 Å². The molecule has 0 aliphatic carbocycles. The largest absolute Gasteiger partial charge is 0.497 e. The number of pyridine rings is 1. The third-order valence-corrected chi connectivity index (χ3v) is 4.84. The second-order valence-corrected chi connectivity index (χ2v) is 6.86. The molecule has 0 saturated carbocycles. The standard InChI is InChI=1S/C23H22N4O4/c1-29-16-10-8-15(9-11-16)23-26-21(31-27-23)7-3-6-20(28)25-18-12-13-19(30-2)22-17(18)5-4-14-24-22/h4-5,8-14H,3,6-7H2,1-2H3,(H,25,28). The molecule has 0 atom stereocenters. The lowest BCUT2D eigenvalue weighted by Gasteiger charge is -2.10. The summed E-state index contributed by atoms with van der Waals surface area (Å²) in [4.78, 5) is 21.2. The zero-order chi connectivity index (χ0) is 21.6. The van der Waals surface area contributed by atoms with Crippen molar-refractivity contribution in [2.75, 3.05) is 19.5 Å². The molecule has 8 heteroatoms. The first kappa shape index (κ1) is 20.3. The van der Waals surface area contributed by atoms with Crippen molar-refractivity contribution in [3.05, 3.63) is 60.6 Å². The molecule has 4 rings (SSSR count). The van der Waals surface area contributed by atoms with E-state index in [-0.39, 0.29) is 5.91 Å². The number of benzene rings is 2. The molecule has 0 spiro atoms. The Morgan fingerprint density at radius 2 is 1.90 bits per heavy atom. The van der Waals surface area contributed by atoms with Crippen LogP contribution in [0, 0.1) is 0 Å². The highest BCUT2D eigenvalue weighted by atomic mass is 16.5. The Bertz CT molecular complexity index is 1190. The predicted molar refractivity (Wildman–Crippen MR) is 116 cm³/mol. The molecule has 2 aromatic carbocycles. The van der Waals surface area contributed by atoms with Crippen molar-refractivity contribution in [1.29, 1.82) is 0 Å². The van der Waals surface area contributed by atoms with Gasteiger partial charge in [-0.1, -0.05) is 5.16 Å². The van der Waals surface area contributed by atoms with Crippen molar-refractivity contribution in [2.45, 2.75) is 19.3 Å². The average Bonchev–Trinajstić information content (AvgIpc) is 3.28. The Balaban J connectivity index is 1.34. The molecule has 4 aromatic rings. The molecule has 0 bridgehead atoms. The number of anilines is 1. The van der Waals surface area contributed by atoms with E-state index < -0.39 is 0 Å². The van der Waals surface area contributed by atoms with Crippen LogP contribution in [0.25, 0.3) is 22.3 Å². The molecule has 31 heavy (non-hydrogen) atoms. The Kier molecular flexibility index (Phi) is 6.07. The van der Waals surface area contributed by atoms with Gasteiger partial charge in [0.2, 0.25) is 17.6 Å². The number of methoxy groups -OCH3 is 2. The summed E-state index contributed by atoms with van der Waals surface area (Å²) in [6.45, 7) is 0. The Hall–Kier alpha value is -3.94. The van der Waals surface area contributed by atoms with E-state index in [0.29, 0.717) is 47.9 Å². The van der Waals surface area contributed by atoms with E-state index in [4.69, 9.17) is 14.0 Å². The van der Waals surface area contributed by atoms with Gasteiger partial charge in [-0.25, -0.2) is 0 Å². The van der Waals surface area contributed by atoms with Crippen LogP contribution < -0.4 is 14.8 Å². The summed E-state index contributed by atoms with van der Waals surface area (Å²) in [7, 11) is 3.21. The summed E-state index contributed by atoms with van der Waals surface area (Å²) in [6.07, 6.45) is 3.12. The van der Waals surface area contributed by atoms with Gasteiger partial charge in [-0.15, -0.1) is 0 Å². The molecular formula is C23H22N4O4. The van der Waals surface area contributed by atoms with Crippen LogP contribution in [0.4, 0.5) is 5.69 Å². The van der Waals surface area contributed by atoms with E-state index in [1.807, 2.05) is 42.5 Å². The smallest absolute Gasteiger partial charge is 0.226 e. The van der Waals surface area contributed by atoms with E-state index in [2.05, 4.69) is 20.4 Å². The Morgan fingerprint density at radius 1 is 1.06 bits per heavy atom. The number of amides is 1. The van der Waals surface area contributed by atoms with Crippen LogP contribution in [0.15, 0.2) is 59.3 Å². The second-order valence-electron chi connectivity index (χ2n) is 6.86. The van der Waals surface area contributed by atoms with Crippen LogP contribution in [-0.4, -0.2) is 35.3 Å². The summed E-state index contributed by atoms with van der Waals surface area (Å²) in [5.41, 5.74) is 2.25. The molecule has 1 amide bonds. The van der Waals surface area contributed by atoms with E-state index in [9.17, 15) is 4.79 Å². The summed E-state index contributed by atoms with van der Waals surface area (Å²) in [5.74, 6) is 2.35. The van der Waals surface area contributed by atoms with E-state index in [1.165, 1.54) is 0 Å². The number of hydrogen-bond donors (Lipinski definition) is 1. The number of hydrogen-bond acceptors (Lipinski definition) is 7. The lowest BCUT2D eigenvalue weighted by atomic mass is 10.1. The zero-order valence-corrected chi connectivity index (χ0v) is 17.3. The molecule has 2 aromatic heterocycles. The molecule has 0 radical (unpaired) electrons. The fourth-order valence-corrected chi connectivity index (χ4v) is 3.25. The molecule has 0 aliphatic rings. The molecule has 1 N–H and O–H groups in total. The monoisotopic (exact) mass is 418 g/mol. The molecule has 0 saturated heterocycles. The maximum absolute atomic E-state index is 12.4. The Labute approximate surface area is 179 Å². The fraction of sp³-hybridized carbons (Fsp3) is 0.217. The number of ether oxygens (including phenoxy) is 2. The molecule has 8 nitrogen and oxygen atoms in total. The van der Waals surface area contributed by atoms with Crippen molar-refractivity contribution in [2.24, 2.45) is 0 Å². The van der Waals surface area contributed by atoms with Crippen molar-refractivity contribution in [1.82, 2.24) is 15.1 Å². The Morgan fingerprint density at radius 3 is 2.68 bits per heavy atom. The number of aryl methyl sites for hydroxylation is 1. The maximum Gasteiger partial charge on any atom is 0.226 e. The molecular weight excluding hydrogens is 396 g/mol. The molecule has 0 fully saturated rings. The third kappa shape index (κ3) is 4.63. The van der Waals surface area contributed by atoms with Crippen molar-refractivity contribution in [3.8, 4) is 22.9 Å². The zero-order valence-electron chi connectivity index (χ0n) is 17.3. The number of carbonyl (C=O) groups excluding carboxylic acids is 1. The van der Waals surface area contributed by atoms with Gasteiger partial charge in [-0.3, -0.25) is 9.78 Å². The van der Waals surface area contributed by atoms with Crippen LogP contribution in [-0.2, 0) is 11.2 Å². The highest BCUT2D eigenvalue weighted by Crippen LogP contribution is 2.29. The average molecular weight is 418 g/mol. The number of fused-ring (bicyclic) bond motifs is 1. The minimum atomic E-state index is -0.0924. The van der Waals surface area contributed by atoms with Gasteiger partial charge in [0.05, 0.1) is 19.9 Å². The van der Waals surface area contributed by atoms with Gasteiger partial charge in [-0.2, -0.15) is 4.98 Å². The topological polar surface area (TPSA) is 99.4 Å². The first-order valence-corrected chi connectivity index (χ1v) is 9.86. The summed E-state index contributed by atoms with van der Waals surface area (Å²) in [6, 6.07) is 14.8. The lowest BCUT2D eigenvalue weighted by molar-refractivity contribution is -0.116. The van der Waals surface area contributed by atoms with Gasteiger partial charge < -0.3 is 19.3 Å². The van der Waals surface area contributed by atoms with Crippen LogP contribution in [0.5, 0.6) is 11.5 Å².